The first kappa shape index (κ1) is 16.0. The van der Waals surface area contributed by atoms with E-state index in [0.717, 1.165) is 5.56 Å². The fraction of sp³-hybridized carbons (Fsp3) is 0.188. The summed E-state index contributed by atoms with van der Waals surface area (Å²) in [6, 6.07) is 11.6. The lowest BCUT2D eigenvalue weighted by molar-refractivity contribution is 0.402. The van der Waals surface area contributed by atoms with Crippen LogP contribution in [0.1, 0.15) is 11.1 Å². The molecule has 0 heterocycles. The minimum atomic E-state index is -3.75. The molecule has 0 saturated carbocycles. The minimum Gasteiger partial charge on any atom is -0.497 e. The summed E-state index contributed by atoms with van der Waals surface area (Å²) in [6.07, 6.45) is 1.26. The van der Waals surface area contributed by atoms with Gasteiger partial charge in [-0.3, -0.25) is 0 Å². The number of ether oxygens (including phenoxy) is 2. The quantitative estimate of drug-likeness (QED) is 0.795. The Morgan fingerprint density at radius 3 is 2.27 bits per heavy atom. The van der Waals surface area contributed by atoms with Crippen LogP contribution in [0.4, 0.5) is 0 Å². The summed E-state index contributed by atoms with van der Waals surface area (Å²) in [6.45, 7) is 1.89. The molecule has 6 heteroatoms. The third kappa shape index (κ3) is 3.65. The molecule has 0 saturated heterocycles. The summed E-state index contributed by atoms with van der Waals surface area (Å²) in [5.41, 5.74) is 1.51. The van der Waals surface area contributed by atoms with E-state index in [-0.39, 0.29) is 4.90 Å². The molecule has 116 valence electrons. The number of hydrogen-bond acceptors (Lipinski definition) is 4. The zero-order valence-corrected chi connectivity index (χ0v) is 13.4. The highest BCUT2D eigenvalue weighted by atomic mass is 32.2. The van der Waals surface area contributed by atoms with Crippen LogP contribution in [0.25, 0.3) is 0 Å². The van der Waals surface area contributed by atoms with Gasteiger partial charge < -0.3 is 9.47 Å². The van der Waals surface area contributed by atoms with Crippen LogP contribution in [0.3, 0.4) is 0 Å². The molecule has 2 aromatic rings. The van der Waals surface area contributed by atoms with Crippen LogP contribution < -0.4 is 9.47 Å². The van der Waals surface area contributed by atoms with E-state index in [9.17, 15) is 8.42 Å². The maximum Gasteiger partial charge on any atom is 0.282 e. The van der Waals surface area contributed by atoms with Crippen molar-refractivity contribution in [3.63, 3.8) is 0 Å². The SMILES string of the molecule is COc1ccc(OC)c(/C=N/S(=O)(=O)c2ccc(C)cc2)c1. The fourth-order valence-corrected chi connectivity index (χ4v) is 2.69. The lowest BCUT2D eigenvalue weighted by Crippen LogP contribution is -1.99. The van der Waals surface area contributed by atoms with E-state index in [1.165, 1.54) is 32.6 Å². The molecule has 0 N–H and O–H groups in total. The van der Waals surface area contributed by atoms with Gasteiger partial charge in [0.25, 0.3) is 10.0 Å². The van der Waals surface area contributed by atoms with Gasteiger partial charge in [-0.15, -0.1) is 0 Å². The van der Waals surface area contributed by atoms with Crippen LogP contribution in [-0.4, -0.2) is 28.9 Å². The van der Waals surface area contributed by atoms with Crippen molar-refractivity contribution in [1.29, 1.82) is 0 Å². The van der Waals surface area contributed by atoms with Gasteiger partial charge in [0.1, 0.15) is 11.5 Å². The summed E-state index contributed by atoms with van der Waals surface area (Å²) in [5.74, 6) is 1.11. The smallest absolute Gasteiger partial charge is 0.282 e. The van der Waals surface area contributed by atoms with Crippen LogP contribution in [0.15, 0.2) is 51.8 Å². The Labute approximate surface area is 130 Å². The average molecular weight is 319 g/mol. The second kappa shape index (κ2) is 6.62. The van der Waals surface area contributed by atoms with E-state index in [0.29, 0.717) is 17.1 Å². The molecule has 2 rings (SSSR count). The molecule has 0 aromatic heterocycles. The molecule has 0 amide bonds. The lowest BCUT2D eigenvalue weighted by atomic mass is 10.2. The monoisotopic (exact) mass is 319 g/mol. The van der Waals surface area contributed by atoms with Crippen molar-refractivity contribution < 1.29 is 17.9 Å². The Bertz CT molecular complexity index is 780. The number of aryl methyl sites for hydroxylation is 1. The Morgan fingerprint density at radius 1 is 1.00 bits per heavy atom. The standard InChI is InChI=1S/C16H17NO4S/c1-12-4-7-15(8-5-12)22(18,19)17-11-13-10-14(20-2)6-9-16(13)21-3/h4-11H,1-3H3/b17-11+. The van der Waals surface area contributed by atoms with Gasteiger partial charge in [-0.25, -0.2) is 0 Å². The van der Waals surface area contributed by atoms with Crippen LogP contribution >= 0.6 is 0 Å². The highest BCUT2D eigenvalue weighted by molar-refractivity contribution is 7.90. The number of hydrogen-bond donors (Lipinski definition) is 0. The Balaban J connectivity index is 2.36. The number of benzene rings is 2. The topological polar surface area (TPSA) is 65.0 Å². The highest BCUT2D eigenvalue weighted by Crippen LogP contribution is 2.23. The van der Waals surface area contributed by atoms with E-state index >= 15 is 0 Å². The molecule has 0 aliphatic rings. The molecular weight excluding hydrogens is 302 g/mol. The van der Waals surface area contributed by atoms with Crippen LogP contribution in [0, 0.1) is 6.92 Å². The third-order valence-electron chi connectivity index (χ3n) is 3.09. The van der Waals surface area contributed by atoms with Gasteiger partial charge in [-0.2, -0.15) is 12.8 Å². The van der Waals surface area contributed by atoms with Gasteiger partial charge in [0.15, 0.2) is 0 Å². The van der Waals surface area contributed by atoms with E-state index < -0.39 is 10.0 Å². The van der Waals surface area contributed by atoms with Crippen molar-refractivity contribution in [2.75, 3.05) is 14.2 Å². The summed E-state index contributed by atoms with van der Waals surface area (Å²) < 4.78 is 38.4. The van der Waals surface area contributed by atoms with Crippen molar-refractivity contribution in [2.45, 2.75) is 11.8 Å². The van der Waals surface area contributed by atoms with Gasteiger partial charge in [0, 0.05) is 5.56 Å². The van der Waals surface area contributed by atoms with Crippen molar-refractivity contribution in [2.24, 2.45) is 4.40 Å². The second-order valence-electron chi connectivity index (χ2n) is 4.63. The number of sulfonamides is 1. The molecule has 5 nitrogen and oxygen atoms in total. The van der Waals surface area contributed by atoms with Gasteiger partial charge in [0.05, 0.1) is 25.3 Å². The molecule has 0 atom stereocenters. The molecule has 0 aliphatic heterocycles. The van der Waals surface area contributed by atoms with Gasteiger partial charge in [-0.05, 0) is 37.3 Å². The van der Waals surface area contributed by atoms with E-state index in [2.05, 4.69) is 4.40 Å². The van der Waals surface area contributed by atoms with E-state index in [1.54, 1.807) is 30.3 Å². The van der Waals surface area contributed by atoms with Crippen molar-refractivity contribution in [3.05, 3.63) is 53.6 Å². The summed E-state index contributed by atoms with van der Waals surface area (Å²) in [4.78, 5) is 0.149. The highest BCUT2D eigenvalue weighted by Gasteiger charge is 2.12. The summed E-state index contributed by atoms with van der Waals surface area (Å²) in [7, 11) is -0.706. The predicted octanol–water partition coefficient (Wildman–Crippen LogP) is 2.82. The molecule has 0 aliphatic carbocycles. The predicted molar refractivity (Wildman–Crippen MR) is 85.5 cm³/mol. The largest absolute Gasteiger partial charge is 0.497 e. The van der Waals surface area contributed by atoms with Crippen LogP contribution in [0.2, 0.25) is 0 Å². The van der Waals surface area contributed by atoms with E-state index in [4.69, 9.17) is 9.47 Å². The third-order valence-corrected chi connectivity index (χ3v) is 4.34. The molecule has 0 radical (unpaired) electrons. The maximum absolute atomic E-state index is 12.2. The Hall–Kier alpha value is -2.34. The molecular formula is C16H17NO4S. The van der Waals surface area contributed by atoms with Gasteiger partial charge in [0.2, 0.25) is 0 Å². The number of rotatable bonds is 5. The summed E-state index contributed by atoms with van der Waals surface area (Å²) >= 11 is 0. The fourth-order valence-electron chi connectivity index (χ4n) is 1.84. The zero-order valence-electron chi connectivity index (χ0n) is 12.6. The Morgan fingerprint density at radius 2 is 1.68 bits per heavy atom. The average Bonchev–Trinajstić information content (AvgIpc) is 2.53. The second-order valence-corrected chi connectivity index (χ2v) is 6.26. The first-order chi connectivity index (χ1) is 10.5. The van der Waals surface area contributed by atoms with Crippen molar-refractivity contribution in [3.8, 4) is 11.5 Å². The first-order valence-corrected chi connectivity index (χ1v) is 7.99. The molecule has 22 heavy (non-hydrogen) atoms. The molecule has 0 bridgehead atoms. The minimum absolute atomic E-state index is 0.149. The first-order valence-electron chi connectivity index (χ1n) is 6.55. The normalized spacial score (nSPS) is 11.6. The van der Waals surface area contributed by atoms with E-state index in [1.807, 2.05) is 6.92 Å². The number of methoxy groups -OCH3 is 2. The molecule has 2 aromatic carbocycles. The van der Waals surface area contributed by atoms with Crippen LogP contribution in [0.5, 0.6) is 11.5 Å². The maximum atomic E-state index is 12.2. The van der Waals surface area contributed by atoms with Crippen molar-refractivity contribution >= 4 is 16.2 Å². The number of nitrogens with zero attached hydrogens (tertiary/aromatic N) is 1. The van der Waals surface area contributed by atoms with Gasteiger partial charge >= 0.3 is 0 Å². The van der Waals surface area contributed by atoms with Crippen molar-refractivity contribution in [1.82, 2.24) is 0 Å². The summed E-state index contributed by atoms with van der Waals surface area (Å²) in [5, 5.41) is 0. The lowest BCUT2D eigenvalue weighted by Gasteiger charge is -2.06. The van der Waals surface area contributed by atoms with Gasteiger partial charge in [-0.1, -0.05) is 17.7 Å². The molecule has 0 unspecified atom stereocenters. The molecule has 0 spiro atoms. The zero-order chi connectivity index (χ0) is 16.2. The van der Waals surface area contributed by atoms with Crippen LogP contribution in [-0.2, 0) is 10.0 Å². The Kier molecular flexibility index (Phi) is 4.82. The molecule has 0 fully saturated rings.